The molecule has 0 aliphatic carbocycles. The van der Waals surface area contributed by atoms with E-state index in [1.54, 1.807) is 42.5 Å². The molecule has 0 radical (unpaired) electrons. The molecule has 2 aromatic carbocycles. The highest BCUT2D eigenvalue weighted by atomic mass is 35.5. The van der Waals surface area contributed by atoms with E-state index in [1.807, 2.05) is 24.3 Å². The Labute approximate surface area is 182 Å². The number of nitrogens with zero attached hydrogens (tertiary/aromatic N) is 2. The van der Waals surface area contributed by atoms with E-state index in [9.17, 15) is 10.1 Å². The molecule has 1 amide bonds. The summed E-state index contributed by atoms with van der Waals surface area (Å²) >= 11 is 17.6. The van der Waals surface area contributed by atoms with Crippen molar-refractivity contribution in [2.45, 2.75) is 6.17 Å². The first-order valence-corrected chi connectivity index (χ1v) is 9.79. The smallest absolute Gasteiger partial charge is 0.253 e. The third-order valence-electron chi connectivity index (χ3n) is 4.54. The van der Waals surface area contributed by atoms with Gasteiger partial charge in [0.15, 0.2) is 12.1 Å². The lowest BCUT2D eigenvalue weighted by molar-refractivity contribution is -0.120. The minimum atomic E-state index is -1.06. The van der Waals surface area contributed by atoms with Crippen molar-refractivity contribution in [3.05, 3.63) is 76.5 Å². The number of rotatable bonds is 3. The van der Waals surface area contributed by atoms with E-state index >= 15 is 0 Å². The quantitative estimate of drug-likeness (QED) is 0.554. The Bertz CT molecular complexity index is 1140. The second-order valence-corrected chi connectivity index (χ2v) is 7.63. The molecule has 8 heteroatoms. The standard InChI is InChI=1S/C21H13Cl2N3O2S/c22-12-6-7-16(23)14(10-12)17-8-9-18(28-17)19-25-20(29)15(11-24)21(27)26(19)13-4-2-1-3-5-13/h1-10,15,19H,(H,25,29). The molecule has 0 spiro atoms. The van der Waals surface area contributed by atoms with Gasteiger partial charge in [0.25, 0.3) is 5.91 Å². The molecule has 1 aliphatic heterocycles. The average molecular weight is 442 g/mol. The van der Waals surface area contributed by atoms with Crippen LogP contribution >= 0.6 is 35.4 Å². The lowest BCUT2D eigenvalue weighted by Crippen LogP contribution is -2.55. The maximum atomic E-state index is 13.0. The number of benzene rings is 2. The van der Waals surface area contributed by atoms with Crippen LogP contribution in [0.1, 0.15) is 11.9 Å². The summed E-state index contributed by atoms with van der Waals surface area (Å²) in [6, 6.07) is 19.6. The Balaban J connectivity index is 1.77. The van der Waals surface area contributed by atoms with Gasteiger partial charge in [-0.25, -0.2) is 0 Å². The Kier molecular flexibility index (Phi) is 5.29. The molecule has 2 atom stereocenters. The Morgan fingerprint density at radius 1 is 1.10 bits per heavy atom. The summed E-state index contributed by atoms with van der Waals surface area (Å²) in [4.78, 5) is 14.7. The number of amides is 1. The van der Waals surface area contributed by atoms with Gasteiger partial charge < -0.3 is 9.73 Å². The van der Waals surface area contributed by atoms with Gasteiger partial charge in [0, 0.05) is 16.3 Å². The topological polar surface area (TPSA) is 69.3 Å². The normalized spacial score (nSPS) is 19.0. The van der Waals surface area contributed by atoms with E-state index in [0.29, 0.717) is 32.8 Å². The van der Waals surface area contributed by atoms with Crippen LogP contribution in [-0.2, 0) is 4.79 Å². The van der Waals surface area contributed by atoms with Crippen molar-refractivity contribution in [3.8, 4) is 17.4 Å². The number of thiocarbonyl (C=S) groups is 1. The van der Waals surface area contributed by atoms with Crippen LogP contribution in [0.15, 0.2) is 65.1 Å². The van der Waals surface area contributed by atoms with Gasteiger partial charge in [-0.15, -0.1) is 0 Å². The predicted molar refractivity (Wildman–Crippen MR) is 116 cm³/mol. The summed E-state index contributed by atoms with van der Waals surface area (Å²) in [5, 5.41) is 13.5. The zero-order valence-corrected chi connectivity index (χ0v) is 17.1. The van der Waals surface area contributed by atoms with Gasteiger partial charge >= 0.3 is 0 Å². The van der Waals surface area contributed by atoms with Gasteiger partial charge in [-0.05, 0) is 42.5 Å². The molecule has 0 bridgehead atoms. The van der Waals surface area contributed by atoms with E-state index in [0.717, 1.165) is 0 Å². The molecule has 1 aliphatic rings. The molecule has 1 fully saturated rings. The number of carbonyl (C=O) groups is 1. The van der Waals surface area contributed by atoms with Gasteiger partial charge in [0.05, 0.1) is 11.1 Å². The van der Waals surface area contributed by atoms with Crippen LogP contribution in [-0.4, -0.2) is 10.9 Å². The fraction of sp³-hybridized carbons (Fsp3) is 0.0952. The molecule has 1 saturated heterocycles. The summed E-state index contributed by atoms with van der Waals surface area (Å²) < 4.78 is 6.02. The van der Waals surface area contributed by atoms with Crippen LogP contribution in [0.5, 0.6) is 0 Å². The lowest BCUT2D eigenvalue weighted by Gasteiger charge is -2.37. The SMILES string of the molecule is N#CC1C(=O)N(c2ccccc2)C(c2ccc(-c3cc(Cl)ccc3Cl)o2)NC1=S. The first-order valence-electron chi connectivity index (χ1n) is 8.63. The highest BCUT2D eigenvalue weighted by Gasteiger charge is 2.41. The molecule has 4 rings (SSSR count). The number of para-hydroxylation sites is 1. The molecule has 144 valence electrons. The zero-order chi connectivity index (χ0) is 20.5. The van der Waals surface area contributed by atoms with Crippen molar-refractivity contribution >= 4 is 52.0 Å². The molecule has 2 unspecified atom stereocenters. The van der Waals surface area contributed by atoms with Crippen LogP contribution in [0.2, 0.25) is 10.0 Å². The van der Waals surface area contributed by atoms with Crippen molar-refractivity contribution in [2.24, 2.45) is 5.92 Å². The molecular formula is C21H13Cl2N3O2S. The number of carbonyl (C=O) groups excluding carboxylic acids is 1. The Hall–Kier alpha value is -2.85. The van der Waals surface area contributed by atoms with Crippen molar-refractivity contribution in [3.63, 3.8) is 0 Å². The largest absolute Gasteiger partial charge is 0.457 e. The number of halogens is 2. The van der Waals surface area contributed by atoms with E-state index in [1.165, 1.54) is 4.90 Å². The maximum absolute atomic E-state index is 13.0. The number of nitrogens with one attached hydrogen (secondary N) is 1. The summed E-state index contributed by atoms with van der Waals surface area (Å²) in [5.41, 5.74) is 1.26. The Morgan fingerprint density at radius 2 is 1.86 bits per heavy atom. The number of hydrogen-bond acceptors (Lipinski definition) is 4. The summed E-state index contributed by atoms with van der Waals surface area (Å²) in [6.45, 7) is 0. The zero-order valence-electron chi connectivity index (χ0n) is 14.8. The molecule has 1 N–H and O–H groups in total. The average Bonchev–Trinajstić information content (AvgIpc) is 3.20. The highest BCUT2D eigenvalue weighted by Crippen LogP contribution is 2.36. The second-order valence-electron chi connectivity index (χ2n) is 6.34. The molecule has 1 aromatic heterocycles. The predicted octanol–water partition coefficient (Wildman–Crippen LogP) is 5.36. The van der Waals surface area contributed by atoms with E-state index in [-0.39, 0.29) is 4.99 Å². The first kappa shape index (κ1) is 19.5. The summed E-state index contributed by atoms with van der Waals surface area (Å²) in [6.07, 6.45) is -0.700. The van der Waals surface area contributed by atoms with Gasteiger partial charge in [-0.1, -0.05) is 53.6 Å². The molecule has 0 saturated carbocycles. The molecular weight excluding hydrogens is 429 g/mol. The first-order chi connectivity index (χ1) is 14.0. The second kappa shape index (κ2) is 7.88. The van der Waals surface area contributed by atoms with Crippen molar-refractivity contribution in [2.75, 3.05) is 4.90 Å². The highest BCUT2D eigenvalue weighted by molar-refractivity contribution is 7.80. The van der Waals surface area contributed by atoms with Gasteiger partial charge in [-0.3, -0.25) is 9.69 Å². The summed E-state index contributed by atoms with van der Waals surface area (Å²) in [7, 11) is 0. The number of furan rings is 1. The van der Waals surface area contributed by atoms with Crippen LogP contribution < -0.4 is 10.2 Å². The van der Waals surface area contributed by atoms with Crippen molar-refractivity contribution in [1.29, 1.82) is 5.26 Å². The molecule has 2 heterocycles. The van der Waals surface area contributed by atoms with Crippen molar-refractivity contribution in [1.82, 2.24) is 5.32 Å². The van der Waals surface area contributed by atoms with E-state index in [4.69, 9.17) is 39.8 Å². The van der Waals surface area contributed by atoms with Gasteiger partial charge in [-0.2, -0.15) is 5.26 Å². The maximum Gasteiger partial charge on any atom is 0.253 e. The number of anilines is 1. The monoisotopic (exact) mass is 441 g/mol. The minimum Gasteiger partial charge on any atom is -0.457 e. The number of hydrogen-bond donors (Lipinski definition) is 1. The molecule has 29 heavy (non-hydrogen) atoms. The molecule has 5 nitrogen and oxygen atoms in total. The van der Waals surface area contributed by atoms with E-state index in [2.05, 4.69) is 5.32 Å². The minimum absolute atomic E-state index is 0.161. The lowest BCUT2D eigenvalue weighted by atomic mass is 10.0. The van der Waals surface area contributed by atoms with Gasteiger partial charge in [0.2, 0.25) is 0 Å². The fourth-order valence-corrected chi connectivity index (χ4v) is 3.82. The fourth-order valence-electron chi connectivity index (χ4n) is 3.17. The van der Waals surface area contributed by atoms with E-state index < -0.39 is 18.0 Å². The molecule has 3 aromatic rings. The van der Waals surface area contributed by atoms with Crippen LogP contribution in [0.25, 0.3) is 11.3 Å². The van der Waals surface area contributed by atoms with Gasteiger partial charge in [0.1, 0.15) is 16.5 Å². The van der Waals surface area contributed by atoms with Crippen molar-refractivity contribution < 1.29 is 9.21 Å². The third kappa shape index (κ3) is 3.60. The summed E-state index contributed by atoms with van der Waals surface area (Å²) in [5.74, 6) is -0.514. The Morgan fingerprint density at radius 3 is 2.59 bits per heavy atom. The number of nitriles is 1. The van der Waals surface area contributed by atoms with Crippen LogP contribution in [0.4, 0.5) is 5.69 Å². The third-order valence-corrected chi connectivity index (χ3v) is 5.46. The van der Waals surface area contributed by atoms with Crippen LogP contribution in [0.3, 0.4) is 0 Å². The van der Waals surface area contributed by atoms with Crippen LogP contribution in [0, 0.1) is 17.2 Å².